The number of para-hydroxylation sites is 4. The average Bonchev–Trinajstić information content (AvgIpc) is 4.03. The molecular formula is C66H61N5O. The van der Waals surface area contributed by atoms with Crippen LogP contribution in [0.1, 0.15) is 79.0 Å². The molecule has 8 aromatic carbocycles. The fourth-order valence-corrected chi connectivity index (χ4v) is 10.6. The number of nitrogens with zero attached hydrogens (tertiary/aromatic N) is 5. The fraction of sp³-hybridized carbons (Fsp3) is 0.197. The molecule has 4 heterocycles. The van der Waals surface area contributed by atoms with E-state index in [1.165, 1.54) is 61.1 Å². The van der Waals surface area contributed by atoms with Crippen molar-refractivity contribution in [2.45, 2.75) is 78.6 Å². The lowest BCUT2D eigenvalue weighted by Crippen LogP contribution is -2.25. The molecule has 0 N–H and O–H groups in total. The van der Waals surface area contributed by atoms with Crippen molar-refractivity contribution in [3.05, 3.63) is 211 Å². The van der Waals surface area contributed by atoms with Crippen molar-refractivity contribution >= 4 is 66.4 Å². The summed E-state index contributed by atoms with van der Waals surface area (Å²) >= 11 is 0. The highest BCUT2D eigenvalue weighted by molar-refractivity contribution is 6.13. The van der Waals surface area contributed by atoms with Crippen LogP contribution in [0.3, 0.4) is 0 Å². The van der Waals surface area contributed by atoms with E-state index in [0.717, 1.165) is 56.1 Å². The monoisotopic (exact) mass is 939 g/mol. The standard InChI is InChI=1S/C66H61N5O/c1-64(2,3)45-32-33-67-63(39-45)71-59-31-27-44(43-26-30-58-55(34-43)53-22-13-14-23-57(53)70(58)48-18-11-10-12-19-48)35-56(59)54-29-28-52(41-62(54)71)72-51-21-17-20-49(40-51)68-42-69(61-25-16-15-24-60(61)68)50-37-46(65(4,5)6)36-47(38-50)66(7,8)9/h10-41H,42H2,1-9H3. The lowest BCUT2D eigenvalue weighted by atomic mass is 9.80. The topological polar surface area (TPSA) is 38.5 Å². The first-order valence-corrected chi connectivity index (χ1v) is 25.3. The molecule has 3 aromatic heterocycles. The van der Waals surface area contributed by atoms with E-state index in [1.54, 1.807) is 0 Å². The lowest BCUT2D eigenvalue weighted by Gasteiger charge is -2.29. The summed E-state index contributed by atoms with van der Waals surface area (Å²) in [5, 5.41) is 4.76. The van der Waals surface area contributed by atoms with Gasteiger partial charge < -0.3 is 19.1 Å². The van der Waals surface area contributed by atoms with Gasteiger partial charge >= 0.3 is 0 Å². The van der Waals surface area contributed by atoms with Crippen LogP contribution in [0.25, 0.3) is 66.2 Å². The highest BCUT2D eigenvalue weighted by Crippen LogP contribution is 2.47. The molecule has 0 saturated heterocycles. The summed E-state index contributed by atoms with van der Waals surface area (Å²) in [6.07, 6.45) is 1.94. The lowest BCUT2D eigenvalue weighted by molar-refractivity contribution is 0.483. The SMILES string of the molecule is CC(C)(C)c1cc(N2CN(c3cccc(Oc4ccc5c6cc(-c7ccc8c(c7)c7ccccc7n8-c7ccccc7)ccc6n(-c6cc(C(C)(C)C)ccn6)c5c4)c3)c3ccccc32)cc(C(C)(C)C)c1. The van der Waals surface area contributed by atoms with Gasteiger partial charge in [-0.05, 0) is 147 Å². The summed E-state index contributed by atoms with van der Waals surface area (Å²) in [5.74, 6) is 2.41. The summed E-state index contributed by atoms with van der Waals surface area (Å²) in [7, 11) is 0. The molecule has 1 aliphatic rings. The zero-order valence-corrected chi connectivity index (χ0v) is 42.8. The number of hydrogen-bond acceptors (Lipinski definition) is 4. The Kier molecular flexibility index (Phi) is 10.5. The van der Waals surface area contributed by atoms with Gasteiger partial charge in [-0.15, -0.1) is 0 Å². The number of rotatable bonds is 7. The molecule has 0 atom stereocenters. The number of anilines is 4. The fourth-order valence-electron chi connectivity index (χ4n) is 10.6. The van der Waals surface area contributed by atoms with Crippen molar-refractivity contribution in [3.8, 4) is 34.1 Å². The minimum absolute atomic E-state index is 0.0107. The normalized spacial score (nSPS) is 13.2. The summed E-state index contributed by atoms with van der Waals surface area (Å²) in [5.41, 5.74) is 16.5. The number of pyridine rings is 1. The molecule has 0 unspecified atom stereocenters. The van der Waals surface area contributed by atoms with E-state index >= 15 is 0 Å². The minimum atomic E-state index is -0.0517. The third-order valence-electron chi connectivity index (χ3n) is 14.7. The Labute approximate surface area is 423 Å². The number of ether oxygens (including phenoxy) is 1. The molecule has 0 bridgehead atoms. The van der Waals surface area contributed by atoms with Gasteiger partial charge in [0.2, 0.25) is 0 Å². The minimum Gasteiger partial charge on any atom is -0.457 e. The molecule has 0 saturated carbocycles. The molecule has 0 aliphatic carbocycles. The maximum atomic E-state index is 6.88. The zero-order chi connectivity index (χ0) is 49.7. The highest BCUT2D eigenvalue weighted by atomic mass is 16.5. The molecule has 11 aromatic rings. The third-order valence-corrected chi connectivity index (χ3v) is 14.7. The van der Waals surface area contributed by atoms with Crippen LogP contribution in [-0.2, 0) is 16.2 Å². The first-order valence-electron chi connectivity index (χ1n) is 25.3. The summed E-state index contributed by atoms with van der Waals surface area (Å²) in [6.45, 7) is 21.3. The number of aromatic nitrogens is 3. The van der Waals surface area contributed by atoms with Gasteiger partial charge in [0.1, 0.15) is 24.0 Å². The maximum Gasteiger partial charge on any atom is 0.137 e. The smallest absolute Gasteiger partial charge is 0.137 e. The van der Waals surface area contributed by atoms with Crippen LogP contribution < -0.4 is 14.5 Å². The molecule has 72 heavy (non-hydrogen) atoms. The van der Waals surface area contributed by atoms with E-state index in [0.29, 0.717) is 6.67 Å². The predicted molar refractivity (Wildman–Crippen MR) is 303 cm³/mol. The second kappa shape index (κ2) is 16.8. The van der Waals surface area contributed by atoms with Crippen LogP contribution in [0.15, 0.2) is 194 Å². The summed E-state index contributed by atoms with van der Waals surface area (Å²) in [4.78, 5) is 9.88. The van der Waals surface area contributed by atoms with Crippen LogP contribution in [0.5, 0.6) is 11.5 Å². The van der Waals surface area contributed by atoms with E-state index in [9.17, 15) is 0 Å². The first kappa shape index (κ1) is 45.1. The molecule has 6 nitrogen and oxygen atoms in total. The third kappa shape index (κ3) is 7.86. The van der Waals surface area contributed by atoms with Crippen molar-refractivity contribution in [3.63, 3.8) is 0 Å². The molecular weight excluding hydrogens is 879 g/mol. The van der Waals surface area contributed by atoms with Crippen LogP contribution in [0.2, 0.25) is 0 Å². The van der Waals surface area contributed by atoms with E-state index in [-0.39, 0.29) is 16.2 Å². The Morgan fingerprint density at radius 1 is 0.375 bits per heavy atom. The van der Waals surface area contributed by atoms with Gasteiger partial charge in [0.05, 0.1) is 33.4 Å². The van der Waals surface area contributed by atoms with Crippen molar-refractivity contribution < 1.29 is 4.74 Å². The van der Waals surface area contributed by atoms with E-state index in [4.69, 9.17) is 9.72 Å². The predicted octanol–water partition coefficient (Wildman–Crippen LogP) is 17.9. The highest BCUT2D eigenvalue weighted by Gasteiger charge is 2.31. The van der Waals surface area contributed by atoms with Crippen LogP contribution in [0, 0.1) is 0 Å². The van der Waals surface area contributed by atoms with Gasteiger partial charge in [-0.25, -0.2) is 4.98 Å². The first-order chi connectivity index (χ1) is 34.6. The van der Waals surface area contributed by atoms with Gasteiger partial charge in [-0.2, -0.15) is 0 Å². The quantitative estimate of drug-likeness (QED) is 0.160. The average molecular weight is 940 g/mol. The van der Waals surface area contributed by atoms with Crippen LogP contribution in [0.4, 0.5) is 22.7 Å². The molecule has 1 aliphatic heterocycles. The second-order valence-electron chi connectivity index (χ2n) is 22.7. The van der Waals surface area contributed by atoms with E-state index in [2.05, 4.69) is 269 Å². The largest absolute Gasteiger partial charge is 0.457 e. The summed E-state index contributed by atoms with van der Waals surface area (Å²) < 4.78 is 11.6. The maximum absolute atomic E-state index is 6.88. The van der Waals surface area contributed by atoms with Crippen molar-refractivity contribution in [1.29, 1.82) is 0 Å². The van der Waals surface area contributed by atoms with Gasteiger partial charge in [0, 0.05) is 56.9 Å². The molecule has 0 fully saturated rings. The molecule has 6 heteroatoms. The van der Waals surface area contributed by atoms with Crippen LogP contribution in [-0.4, -0.2) is 20.8 Å². The van der Waals surface area contributed by atoms with Crippen molar-refractivity contribution in [2.75, 3.05) is 16.5 Å². The summed E-state index contributed by atoms with van der Waals surface area (Å²) in [6, 6.07) is 68.4. The molecule has 356 valence electrons. The molecule has 0 spiro atoms. The molecule has 0 amide bonds. The van der Waals surface area contributed by atoms with E-state index < -0.39 is 0 Å². The molecule has 0 radical (unpaired) electrons. The van der Waals surface area contributed by atoms with Gasteiger partial charge in [-0.3, -0.25) is 4.57 Å². The number of hydrogen-bond donors (Lipinski definition) is 0. The van der Waals surface area contributed by atoms with E-state index in [1.807, 2.05) is 6.20 Å². The number of fused-ring (bicyclic) bond motifs is 7. The Morgan fingerprint density at radius 3 is 1.60 bits per heavy atom. The Bertz CT molecular complexity index is 3860. The van der Waals surface area contributed by atoms with Gasteiger partial charge in [-0.1, -0.05) is 135 Å². The van der Waals surface area contributed by atoms with Gasteiger partial charge in [0.25, 0.3) is 0 Å². The Balaban J connectivity index is 0.929. The Morgan fingerprint density at radius 2 is 0.931 bits per heavy atom. The van der Waals surface area contributed by atoms with Gasteiger partial charge in [0.15, 0.2) is 0 Å². The number of benzene rings is 8. The Hall–Kier alpha value is -8.09. The van der Waals surface area contributed by atoms with Crippen molar-refractivity contribution in [1.82, 2.24) is 14.1 Å². The van der Waals surface area contributed by atoms with Crippen molar-refractivity contribution in [2.24, 2.45) is 0 Å². The zero-order valence-electron chi connectivity index (χ0n) is 42.8. The second-order valence-corrected chi connectivity index (χ2v) is 22.7. The van der Waals surface area contributed by atoms with Crippen LogP contribution >= 0.6 is 0 Å². The molecule has 12 rings (SSSR count).